The summed E-state index contributed by atoms with van der Waals surface area (Å²) in [5, 5.41) is 0. The minimum atomic E-state index is -0.311. The SMILES string of the molecule is CCCCCCCCCCC(COC(=O)CCCCC(CCCCCC)CCCCCC)OC(=O)CCCCCN(C)C. The van der Waals surface area contributed by atoms with E-state index in [4.69, 9.17) is 9.47 Å². The lowest BCUT2D eigenvalue weighted by atomic mass is 9.90. The third-order valence-electron chi connectivity index (χ3n) is 8.77. The fraction of sp³-hybridized carbons (Fsp3) is 0.947. The molecule has 0 rings (SSSR count). The van der Waals surface area contributed by atoms with Gasteiger partial charge >= 0.3 is 11.9 Å². The fourth-order valence-corrected chi connectivity index (χ4v) is 5.91. The van der Waals surface area contributed by atoms with E-state index in [0.29, 0.717) is 12.8 Å². The molecule has 0 aromatic carbocycles. The number of esters is 2. The highest BCUT2D eigenvalue weighted by molar-refractivity contribution is 5.70. The molecule has 256 valence electrons. The molecule has 0 fully saturated rings. The van der Waals surface area contributed by atoms with Crippen molar-refractivity contribution in [2.75, 3.05) is 27.2 Å². The molecule has 43 heavy (non-hydrogen) atoms. The van der Waals surface area contributed by atoms with E-state index >= 15 is 0 Å². The summed E-state index contributed by atoms with van der Waals surface area (Å²) in [7, 11) is 4.15. The third-order valence-corrected chi connectivity index (χ3v) is 8.77. The molecule has 0 saturated carbocycles. The van der Waals surface area contributed by atoms with Gasteiger partial charge in [-0.25, -0.2) is 0 Å². The third kappa shape index (κ3) is 30.7. The van der Waals surface area contributed by atoms with E-state index in [1.54, 1.807) is 0 Å². The molecule has 0 N–H and O–H groups in total. The zero-order chi connectivity index (χ0) is 31.8. The van der Waals surface area contributed by atoms with Crippen molar-refractivity contribution in [2.24, 2.45) is 5.92 Å². The second-order valence-electron chi connectivity index (χ2n) is 13.5. The predicted octanol–water partition coefficient (Wildman–Crippen LogP) is 11.2. The summed E-state index contributed by atoms with van der Waals surface area (Å²) in [4.78, 5) is 27.3. The molecule has 0 aliphatic carbocycles. The molecule has 0 heterocycles. The van der Waals surface area contributed by atoms with Crippen molar-refractivity contribution < 1.29 is 19.1 Å². The average molecular weight is 610 g/mol. The van der Waals surface area contributed by atoms with Gasteiger partial charge in [-0.1, -0.05) is 149 Å². The maximum Gasteiger partial charge on any atom is 0.306 e. The van der Waals surface area contributed by atoms with Crippen LogP contribution in [0.15, 0.2) is 0 Å². The van der Waals surface area contributed by atoms with Gasteiger partial charge in [0.25, 0.3) is 0 Å². The molecule has 0 radical (unpaired) electrons. The second kappa shape index (κ2) is 32.3. The molecule has 1 atom stereocenters. The summed E-state index contributed by atoms with van der Waals surface area (Å²) in [6.07, 6.45) is 30.9. The molecule has 0 aliphatic rings. The summed E-state index contributed by atoms with van der Waals surface area (Å²) in [5.41, 5.74) is 0. The number of unbranched alkanes of at least 4 members (excludes halogenated alkanes) is 16. The Labute approximate surface area is 269 Å². The monoisotopic (exact) mass is 610 g/mol. The van der Waals surface area contributed by atoms with Crippen LogP contribution in [0.25, 0.3) is 0 Å². The largest absolute Gasteiger partial charge is 0.462 e. The summed E-state index contributed by atoms with van der Waals surface area (Å²) in [6, 6.07) is 0. The van der Waals surface area contributed by atoms with E-state index in [-0.39, 0.29) is 24.6 Å². The smallest absolute Gasteiger partial charge is 0.306 e. The van der Waals surface area contributed by atoms with E-state index in [1.165, 1.54) is 109 Å². The molecular weight excluding hydrogens is 534 g/mol. The first kappa shape index (κ1) is 41.9. The topological polar surface area (TPSA) is 55.8 Å². The van der Waals surface area contributed by atoms with Gasteiger partial charge in [-0.15, -0.1) is 0 Å². The van der Waals surface area contributed by atoms with E-state index in [1.807, 2.05) is 0 Å². The van der Waals surface area contributed by atoms with E-state index < -0.39 is 0 Å². The Morgan fingerprint density at radius 1 is 0.512 bits per heavy atom. The lowest BCUT2D eigenvalue weighted by Crippen LogP contribution is -2.25. The van der Waals surface area contributed by atoms with Crippen LogP contribution in [0.5, 0.6) is 0 Å². The average Bonchev–Trinajstić information content (AvgIpc) is 2.98. The van der Waals surface area contributed by atoms with Crippen LogP contribution in [0.2, 0.25) is 0 Å². The van der Waals surface area contributed by atoms with Gasteiger partial charge in [0.2, 0.25) is 0 Å². The molecule has 0 aromatic rings. The maximum absolute atomic E-state index is 12.6. The molecule has 0 bridgehead atoms. The van der Waals surface area contributed by atoms with Crippen LogP contribution >= 0.6 is 0 Å². The number of hydrogen-bond donors (Lipinski definition) is 0. The number of hydrogen-bond acceptors (Lipinski definition) is 5. The van der Waals surface area contributed by atoms with Crippen molar-refractivity contribution in [3.63, 3.8) is 0 Å². The first-order valence-electron chi connectivity index (χ1n) is 18.9. The van der Waals surface area contributed by atoms with E-state index in [2.05, 4.69) is 39.8 Å². The molecule has 0 saturated heterocycles. The zero-order valence-corrected chi connectivity index (χ0v) is 29.7. The van der Waals surface area contributed by atoms with Crippen LogP contribution in [0.3, 0.4) is 0 Å². The number of carbonyl (C=O) groups excluding carboxylic acids is 2. The zero-order valence-electron chi connectivity index (χ0n) is 29.7. The van der Waals surface area contributed by atoms with Gasteiger partial charge in [0.05, 0.1) is 0 Å². The molecular formula is C38H75NO4. The summed E-state index contributed by atoms with van der Waals surface area (Å²) < 4.78 is 11.5. The Hall–Kier alpha value is -1.10. The molecule has 0 aromatic heterocycles. The molecule has 1 unspecified atom stereocenters. The van der Waals surface area contributed by atoms with Gasteiger partial charge < -0.3 is 14.4 Å². The summed E-state index contributed by atoms with van der Waals surface area (Å²) in [5.74, 6) is 0.528. The van der Waals surface area contributed by atoms with Crippen LogP contribution in [-0.2, 0) is 19.1 Å². The van der Waals surface area contributed by atoms with Crippen molar-refractivity contribution in [3.8, 4) is 0 Å². The molecule has 0 aliphatic heterocycles. The molecule has 0 amide bonds. The Balaban J connectivity index is 4.49. The summed E-state index contributed by atoms with van der Waals surface area (Å²) in [6.45, 7) is 8.06. The highest BCUT2D eigenvalue weighted by Gasteiger charge is 2.17. The van der Waals surface area contributed by atoms with Crippen molar-refractivity contribution >= 4 is 11.9 Å². The summed E-state index contributed by atoms with van der Waals surface area (Å²) >= 11 is 0. The van der Waals surface area contributed by atoms with Gasteiger partial charge in [0, 0.05) is 12.8 Å². The van der Waals surface area contributed by atoms with Gasteiger partial charge in [-0.2, -0.15) is 0 Å². The lowest BCUT2D eigenvalue weighted by Gasteiger charge is -2.19. The Kier molecular flexibility index (Phi) is 31.5. The minimum absolute atomic E-state index is 0.136. The van der Waals surface area contributed by atoms with Crippen LogP contribution in [0, 0.1) is 5.92 Å². The van der Waals surface area contributed by atoms with Crippen LogP contribution in [-0.4, -0.2) is 50.2 Å². The standard InChI is InChI=1S/C38H75NO4/c1-6-9-12-15-16-17-18-22-30-36(43-38(41)32-23-19-26-33-39(4)5)34-42-37(40)31-25-24-29-35(27-20-13-10-7-2)28-21-14-11-8-3/h35-36H,6-34H2,1-5H3. The highest BCUT2D eigenvalue weighted by atomic mass is 16.6. The molecule has 5 nitrogen and oxygen atoms in total. The van der Waals surface area contributed by atoms with Gasteiger partial charge in [0.15, 0.2) is 0 Å². The Bertz CT molecular complexity index is 597. The maximum atomic E-state index is 12.6. The molecule has 0 spiro atoms. The number of rotatable bonds is 33. The van der Waals surface area contributed by atoms with Gasteiger partial charge in [-0.05, 0) is 58.7 Å². The quantitative estimate of drug-likeness (QED) is 0.0547. The van der Waals surface area contributed by atoms with E-state index in [9.17, 15) is 9.59 Å². The van der Waals surface area contributed by atoms with Gasteiger partial charge in [0.1, 0.15) is 12.7 Å². The van der Waals surface area contributed by atoms with Crippen LogP contribution in [0.4, 0.5) is 0 Å². The Morgan fingerprint density at radius 3 is 1.49 bits per heavy atom. The Morgan fingerprint density at radius 2 is 0.930 bits per heavy atom. The first-order valence-corrected chi connectivity index (χ1v) is 18.9. The first-order chi connectivity index (χ1) is 20.9. The van der Waals surface area contributed by atoms with Gasteiger partial charge in [-0.3, -0.25) is 9.59 Å². The van der Waals surface area contributed by atoms with Crippen LogP contribution in [0.1, 0.15) is 194 Å². The van der Waals surface area contributed by atoms with Crippen LogP contribution < -0.4 is 0 Å². The number of ether oxygens (including phenoxy) is 2. The van der Waals surface area contributed by atoms with Crippen molar-refractivity contribution in [3.05, 3.63) is 0 Å². The van der Waals surface area contributed by atoms with Crippen molar-refractivity contribution in [2.45, 2.75) is 200 Å². The minimum Gasteiger partial charge on any atom is -0.462 e. The fourth-order valence-electron chi connectivity index (χ4n) is 5.91. The highest BCUT2D eigenvalue weighted by Crippen LogP contribution is 2.24. The van der Waals surface area contributed by atoms with E-state index in [0.717, 1.165) is 63.8 Å². The normalized spacial score (nSPS) is 12.3. The lowest BCUT2D eigenvalue weighted by molar-refractivity contribution is -0.159. The molecule has 5 heteroatoms. The van der Waals surface area contributed by atoms with Crippen molar-refractivity contribution in [1.29, 1.82) is 0 Å². The number of carbonyl (C=O) groups is 2. The predicted molar refractivity (Wildman–Crippen MR) is 185 cm³/mol. The second-order valence-corrected chi connectivity index (χ2v) is 13.5. The van der Waals surface area contributed by atoms with Crippen molar-refractivity contribution in [1.82, 2.24) is 4.90 Å². The number of nitrogens with zero attached hydrogens (tertiary/aromatic N) is 1.